The van der Waals surface area contributed by atoms with Crippen LogP contribution in [0.1, 0.15) is 105 Å². The average molecular weight is 423 g/mol. The Balaban J connectivity index is 1.53. The number of alkyl halides is 1. The molecule has 0 bridgehead atoms. The molecule has 0 aromatic heterocycles. The molecule has 0 aromatic carbocycles. The topological polar surface area (TPSA) is 40.5 Å². The minimum atomic E-state index is -1.61. The molecule has 0 spiro atoms. The quantitative estimate of drug-likeness (QED) is 0.529. The van der Waals surface area contributed by atoms with Gasteiger partial charge in [0.2, 0.25) is 0 Å². The summed E-state index contributed by atoms with van der Waals surface area (Å²) in [6.45, 7) is 11.8. The zero-order valence-electron chi connectivity index (χ0n) is 20.2. The van der Waals surface area contributed by atoms with E-state index in [0.717, 1.165) is 30.6 Å². The Morgan fingerprint density at radius 2 is 1.67 bits per heavy atom. The number of rotatable bonds is 5. The van der Waals surface area contributed by atoms with E-state index >= 15 is 4.39 Å². The highest BCUT2D eigenvalue weighted by molar-refractivity contribution is 5.17. The fourth-order valence-electron chi connectivity index (χ4n) is 9.24. The Morgan fingerprint density at radius 3 is 2.37 bits per heavy atom. The molecule has 4 aliphatic rings. The predicted octanol–water partition coefficient (Wildman–Crippen LogP) is 6.53. The Morgan fingerprint density at radius 1 is 0.933 bits per heavy atom. The van der Waals surface area contributed by atoms with Crippen LogP contribution in [-0.2, 0) is 0 Å². The highest BCUT2D eigenvalue weighted by Gasteiger charge is 2.68. The lowest BCUT2D eigenvalue weighted by Gasteiger charge is -2.64. The normalized spacial score (nSPS) is 51.9. The van der Waals surface area contributed by atoms with E-state index in [0.29, 0.717) is 36.0 Å². The molecule has 4 rings (SSSR count). The van der Waals surface area contributed by atoms with Crippen LogP contribution >= 0.6 is 0 Å². The first-order valence-electron chi connectivity index (χ1n) is 13.1. The molecule has 174 valence electrons. The van der Waals surface area contributed by atoms with Crippen molar-refractivity contribution >= 4 is 0 Å². The first-order chi connectivity index (χ1) is 14.0. The van der Waals surface area contributed by atoms with Gasteiger partial charge in [-0.3, -0.25) is 0 Å². The Kier molecular flexibility index (Phi) is 6.15. The van der Waals surface area contributed by atoms with Crippen molar-refractivity contribution in [3.63, 3.8) is 0 Å². The van der Waals surface area contributed by atoms with Gasteiger partial charge in [0.15, 0.2) is 0 Å². The van der Waals surface area contributed by atoms with Crippen LogP contribution in [0.3, 0.4) is 0 Å². The summed E-state index contributed by atoms with van der Waals surface area (Å²) in [4.78, 5) is 0. The summed E-state index contributed by atoms with van der Waals surface area (Å²) < 4.78 is 16.3. The molecule has 4 saturated carbocycles. The van der Waals surface area contributed by atoms with Crippen molar-refractivity contribution in [2.75, 3.05) is 0 Å². The molecule has 0 saturated heterocycles. The number of aliphatic hydroxyl groups excluding tert-OH is 2. The lowest BCUT2D eigenvalue weighted by atomic mass is 9.43. The summed E-state index contributed by atoms with van der Waals surface area (Å²) in [5.74, 6) is 3.80. The molecule has 10 atom stereocenters. The van der Waals surface area contributed by atoms with Gasteiger partial charge in [0.1, 0.15) is 5.67 Å². The van der Waals surface area contributed by atoms with E-state index in [1.165, 1.54) is 38.5 Å². The maximum Gasteiger partial charge on any atom is 0.144 e. The van der Waals surface area contributed by atoms with Crippen LogP contribution in [0.4, 0.5) is 4.39 Å². The number of fused-ring (bicyclic) bond motifs is 5. The van der Waals surface area contributed by atoms with E-state index < -0.39 is 23.3 Å². The van der Waals surface area contributed by atoms with Crippen molar-refractivity contribution in [2.45, 2.75) is 123 Å². The van der Waals surface area contributed by atoms with E-state index in [-0.39, 0.29) is 6.42 Å². The number of halogens is 1. The second kappa shape index (κ2) is 8.01. The first kappa shape index (κ1) is 23.0. The molecule has 0 aromatic rings. The monoisotopic (exact) mass is 422 g/mol. The summed E-state index contributed by atoms with van der Waals surface area (Å²) in [5, 5.41) is 21.2. The lowest BCUT2D eigenvalue weighted by molar-refractivity contribution is -0.232. The summed E-state index contributed by atoms with van der Waals surface area (Å²) in [6, 6.07) is 0. The van der Waals surface area contributed by atoms with Crippen molar-refractivity contribution in [1.29, 1.82) is 0 Å². The fraction of sp³-hybridized carbons (Fsp3) is 1.00. The molecule has 2 nitrogen and oxygen atoms in total. The van der Waals surface area contributed by atoms with Crippen LogP contribution in [0.5, 0.6) is 0 Å². The van der Waals surface area contributed by atoms with E-state index in [1.807, 2.05) is 0 Å². The molecule has 2 N–H and O–H groups in total. The maximum atomic E-state index is 16.3. The van der Waals surface area contributed by atoms with Gasteiger partial charge >= 0.3 is 0 Å². The van der Waals surface area contributed by atoms with Crippen LogP contribution in [0.2, 0.25) is 0 Å². The fourth-order valence-corrected chi connectivity index (χ4v) is 9.24. The van der Waals surface area contributed by atoms with E-state index in [9.17, 15) is 10.2 Å². The van der Waals surface area contributed by atoms with Gasteiger partial charge in [-0.1, -0.05) is 53.9 Å². The van der Waals surface area contributed by atoms with Gasteiger partial charge in [-0.25, -0.2) is 4.39 Å². The Labute approximate surface area is 184 Å². The Bertz CT molecular complexity index is 622. The maximum absolute atomic E-state index is 16.3. The summed E-state index contributed by atoms with van der Waals surface area (Å²) >= 11 is 0. The van der Waals surface area contributed by atoms with Gasteiger partial charge in [0, 0.05) is 11.8 Å². The van der Waals surface area contributed by atoms with Crippen molar-refractivity contribution in [3.05, 3.63) is 0 Å². The second-order valence-corrected chi connectivity index (χ2v) is 12.8. The molecule has 0 amide bonds. The molecular formula is C27H47FO2. The average Bonchev–Trinajstić information content (AvgIpc) is 3.01. The molecule has 4 aliphatic carbocycles. The second-order valence-electron chi connectivity index (χ2n) is 12.8. The third-order valence-electron chi connectivity index (χ3n) is 11.0. The van der Waals surface area contributed by atoms with Crippen molar-refractivity contribution in [3.8, 4) is 0 Å². The van der Waals surface area contributed by atoms with E-state index in [4.69, 9.17) is 0 Å². The zero-order chi connectivity index (χ0) is 21.9. The van der Waals surface area contributed by atoms with Gasteiger partial charge in [0.05, 0.1) is 12.2 Å². The molecule has 0 aliphatic heterocycles. The van der Waals surface area contributed by atoms with E-state index in [2.05, 4.69) is 34.6 Å². The zero-order valence-corrected chi connectivity index (χ0v) is 20.2. The van der Waals surface area contributed by atoms with Crippen molar-refractivity contribution in [2.24, 2.45) is 46.3 Å². The molecule has 0 heterocycles. The Hall–Kier alpha value is -0.150. The van der Waals surface area contributed by atoms with E-state index in [1.54, 1.807) is 0 Å². The summed E-state index contributed by atoms with van der Waals surface area (Å²) in [5.41, 5.74) is -1.72. The summed E-state index contributed by atoms with van der Waals surface area (Å²) in [6.07, 6.45) is 9.57. The molecule has 4 fully saturated rings. The minimum absolute atomic E-state index is 0.130. The number of aliphatic hydroxyl groups is 2. The standard InChI is InChI=1S/C27H47FO2/c1-17(2)7-6-8-18(3)21-9-10-22-20-15-24(30)27(28)16-19(29)11-14-26(27,5)23(20)12-13-25(21,22)4/h17-24,29-30H,6-16H2,1-5H3/t18-,19+,20+,21-,22+,23+,24-,25-,26-,27+/m1/s1. The first-order valence-corrected chi connectivity index (χ1v) is 13.1. The van der Waals surface area contributed by atoms with Crippen LogP contribution < -0.4 is 0 Å². The minimum Gasteiger partial charge on any atom is -0.393 e. The van der Waals surface area contributed by atoms with Gasteiger partial charge in [0.25, 0.3) is 0 Å². The third kappa shape index (κ3) is 3.40. The highest BCUT2D eigenvalue weighted by atomic mass is 19.1. The van der Waals surface area contributed by atoms with Crippen LogP contribution in [0.15, 0.2) is 0 Å². The SMILES string of the molecule is CC(C)CCC[C@@H](C)[C@H]1CC[C@H]2[C@@H]3C[C@@H](O)[C@@]4(F)C[C@@H](O)CC[C@]4(C)[C@H]3CC[C@]12C. The predicted molar refractivity (Wildman–Crippen MR) is 121 cm³/mol. The van der Waals surface area contributed by atoms with Gasteiger partial charge in [-0.05, 0) is 85.9 Å². The van der Waals surface area contributed by atoms with Crippen LogP contribution in [0, 0.1) is 46.3 Å². The molecule has 30 heavy (non-hydrogen) atoms. The van der Waals surface area contributed by atoms with Crippen molar-refractivity contribution < 1.29 is 14.6 Å². The molecule has 0 radical (unpaired) electrons. The molecule has 0 unspecified atom stereocenters. The number of hydrogen-bond donors (Lipinski definition) is 2. The third-order valence-corrected chi connectivity index (χ3v) is 11.0. The lowest BCUT2D eigenvalue weighted by Crippen LogP contribution is -2.66. The van der Waals surface area contributed by atoms with Crippen molar-refractivity contribution in [1.82, 2.24) is 0 Å². The van der Waals surface area contributed by atoms with Crippen LogP contribution in [-0.4, -0.2) is 28.1 Å². The van der Waals surface area contributed by atoms with Gasteiger partial charge in [-0.15, -0.1) is 0 Å². The smallest absolute Gasteiger partial charge is 0.144 e. The molecular weight excluding hydrogens is 375 g/mol. The van der Waals surface area contributed by atoms with Crippen LogP contribution in [0.25, 0.3) is 0 Å². The highest BCUT2D eigenvalue weighted by Crippen LogP contribution is 2.69. The summed E-state index contributed by atoms with van der Waals surface area (Å²) in [7, 11) is 0. The van der Waals surface area contributed by atoms with Gasteiger partial charge in [-0.2, -0.15) is 0 Å². The molecule has 3 heteroatoms. The largest absolute Gasteiger partial charge is 0.393 e. The van der Waals surface area contributed by atoms with Gasteiger partial charge < -0.3 is 10.2 Å². The number of hydrogen-bond acceptors (Lipinski definition) is 2.